The molecule has 0 radical (unpaired) electrons. The molecule has 1 heterocycles. The summed E-state index contributed by atoms with van der Waals surface area (Å²) >= 11 is 0. The molecular weight excluding hydrogens is 243 g/mol. The molecule has 0 fully saturated rings. The fourth-order valence-corrected chi connectivity index (χ4v) is 1.91. The molecule has 2 rings (SSSR count). The molecule has 0 saturated carbocycles. The highest BCUT2D eigenvalue weighted by Gasteiger charge is 2.07. The molecule has 98 valence electrons. The third-order valence-electron chi connectivity index (χ3n) is 3.00. The minimum atomic E-state index is -0.488. The molecule has 0 bridgehead atoms. The lowest BCUT2D eigenvalue weighted by Gasteiger charge is -2.08. The van der Waals surface area contributed by atoms with Crippen LogP contribution in [0.4, 0.5) is 10.1 Å². The Bertz CT molecular complexity index is 598. The first-order valence-corrected chi connectivity index (χ1v) is 6.13. The lowest BCUT2D eigenvalue weighted by Crippen LogP contribution is -2.05. The quantitative estimate of drug-likeness (QED) is 0.810. The van der Waals surface area contributed by atoms with Gasteiger partial charge in [0.25, 0.3) is 0 Å². The maximum Gasteiger partial charge on any atom is 0.143 e. The van der Waals surface area contributed by atoms with Crippen LogP contribution in [-0.4, -0.2) is 16.7 Å². The maximum atomic E-state index is 13.4. The second-order valence-electron chi connectivity index (χ2n) is 4.32. The van der Waals surface area contributed by atoms with Crippen LogP contribution < -0.4 is 5.32 Å². The fraction of sp³-hybridized carbons (Fsp3) is 0.286. The number of H-pyrrole nitrogens is 1. The zero-order chi connectivity index (χ0) is 13.7. The molecule has 2 N–H and O–H groups in total. The Morgan fingerprint density at radius 3 is 3.00 bits per heavy atom. The second-order valence-corrected chi connectivity index (χ2v) is 4.32. The molecule has 19 heavy (non-hydrogen) atoms. The molecule has 0 saturated heterocycles. The van der Waals surface area contributed by atoms with Crippen molar-refractivity contribution in [3.8, 4) is 6.07 Å². The second kappa shape index (κ2) is 6.01. The molecule has 0 aliphatic rings. The van der Waals surface area contributed by atoms with Gasteiger partial charge >= 0.3 is 0 Å². The third kappa shape index (κ3) is 3.10. The van der Waals surface area contributed by atoms with Gasteiger partial charge in [0.1, 0.15) is 17.4 Å². The Morgan fingerprint density at radius 2 is 2.32 bits per heavy atom. The highest BCUT2D eigenvalue weighted by Crippen LogP contribution is 2.17. The first-order chi connectivity index (χ1) is 9.22. The lowest BCUT2D eigenvalue weighted by molar-refractivity contribution is 0.624. The maximum absolute atomic E-state index is 13.4. The topological polar surface area (TPSA) is 64.5 Å². The predicted molar refractivity (Wildman–Crippen MR) is 71.3 cm³/mol. The molecular formula is C14H15FN4. The van der Waals surface area contributed by atoms with E-state index >= 15 is 0 Å². The van der Waals surface area contributed by atoms with E-state index in [1.807, 2.05) is 19.2 Å². The Kier molecular flexibility index (Phi) is 4.14. The minimum Gasteiger partial charge on any atom is -0.384 e. The van der Waals surface area contributed by atoms with Gasteiger partial charge in [-0.2, -0.15) is 10.4 Å². The van der Waals surface area contributed by atoms with Crippen molar-refractivity contribution >= 4 is 5.69 Å². The molecule has 1 aromatic carbocycles. The number of nitrogens with one attached hydrogen (secondary N) is 2. The van der Waals surface area contributed by atoms with E-state index in [-0.39, 0.29) is 5.56 Å². The van der Waals surface area contributed by atoms with Crippen LogP contribution in [0.3, 0.4) is 0 Å². The fourth-order valence-electron chi connectivity index (χ4n) is 1.91. The summed E-state index contributed by atoms with van der Waals surface area (Å²) in [5.41, 5.74) is 2.87. The number of hydrogen-bond donors (Lipinski definition) is 2. The van der Waals surface area contributed by atoms with Gasteiger partial charge in [0.05, 0.1) is 11.9 Å². The van der Waals surface area contributed by atoms with E-state index in [9.17, 15) is 4.39 Å². The first kappa shape index (κ1) is 13.1. The average Bonchev–Trinajstić information content (AvgIpc) is 2.80. The number of nitrogens with zero attached hydrogens (tertiary/aromatic N) is 2. The number of benzene rings is 1. The number of rotatable bonds is 5. The zero-order valence-corrected chi connectivity index (χ0v) is 10.7. The molecule has 5 heteroatoms. The average molecular weight is 258 g/mol. The smallest absolute Gasteiger partial charge is 0.143 e. The Hall–Kier alpha value is -2.35. The number of nitriles is 1. The molecule has 2 aromatic rings. The van der Waals surface area contributed by atoms with Gasteiger partial charge in [0.2, 0.25) is 0 Å². The van der Waals surface area contributed by atoms with Crippen LogP contribution in [0.5, 0.6) is 0 Å². The molecule has 0 amide bonds. The van der Waals surface area contributed by atoms with Gasteiger partial charge in [-0.1, -0.05) is 6.07 Å². The van der Waals surface area contributed by atoms with Crippen molar-refractivity contribution in [2.75, 3.05) is 11.9 Å². The minimum absolute atomic E-state index is 0.0713. The monoisotopic (exact) mass is 258 g/mol. The standard InChI is InChI=1S/C14H15FN4/c1-10-11(9-18-19-10)4-3-7-17-14-6-2-5-13(15)12(14)8-16/h2,5-6,9,17H,3-4,7H2,1H3,(H,18,19). The largest absolute Gasteiger partial charge is 0.384 e. The molecule has 0 unspecified atom stereocenters. The number of hydrogen-bond acceptors (Lipinski definition) is 3. The van der Waals surface area contributed by atoms with Gasteiger partial charge in [0, 0.05) is 12.2 Å². The number of anilines is 1. The normalized spacial score (nSPS) is 10.2. The van der Waals surface area contributed by atoms with Gasteiger partial charge in [-0.3, -0.25) is 5.10 Å². The van der Waals surface area contributed by atoms with Crippen molar-refractivity contribution in [3.63, 3.8) is 0 Å². The van der Waals surface area contributed by atoms with Crippen molar-refractivity contribution < 1.29 is 4.39 Å². The summed E-state index contributed by atoms with van der Waals surface area (Å²) in [6.07, 6.45) is 3.60. The van der Waals surface area contributed by atoms with Crippen LogP contribution in [0.25, 0.3) is 0 Å². The SMILES string of the molecule is Cc1[nH]ncc1CCCNc1cccc(F)c1C#N. The van der Waals surface area contributed by atoms with Crippen LogP contribution in [0, 0.1) is 24.1 Å². The lowest BCUT2D eigenvalue weighted by atomic mass is 10.1. The summed E-state index contributed by atoms with van der Waals surface area (Å²) in [4.78, 5) is 0. The Morgan fingerprint density at radius 1 is 1.47 bits per heavy atom. The summed E-state index contributed by atoms with van der Waals surface area (Å²) in [6.45, 7) is 2.67. The summed E-state index contributed by atoms with van der Waals surface area (Å²) < 4.78 is 13.4. The van der Waals surface area contributed by atoms with E-state index in [2.05, 4.69) is 15.5 Å². The summed E-state index contributed by atoms with van der Waals surface area (Å²) in [7, 11) is 0. The highest BCUT2D eigenvalue weighted by molar-refractivity contribution is 5.57. The Balaban J connectivity index is 1.88. The van der Waals surface area contributed by atoms with Crippen molar-refractivity contribution in [1.29, 1.82) is 5.26 Å². The van der Waals surface area contributed by atoms with Gasteiger partial charge in [0.15, 0.2) is 0 Å². The van der Waals surface area contributed by atoms with E-state index in [1.165, 1.54) is 11.6 Å². The Labute approximate surface area is 111 Å². The van der Waals surface area contributed by atoms with Crippen molar-refractivity contribution in [2.45, 2.75) is 19.8 Å². The van der Waals surface area contributed by atoms with E-state index in [1.54, 1.807) is 12.1 Å². The number of aromatic nitrogens is 2. The van der Waals surface area contributed by atoms with E-state index < -0.39 is 5.82 Å². The predicted octanol–water partition coefficient (Wildman–Crippen LogP) is 2.77. The number of halogens is 1. The van der Waals surface area contributed by atoms with Crippen LogP contribution >= 0.6 is 0 Å². The number of aromatic amines is 1. The van der Waals surface area contributed by atoms with Gasteiger partial charge in [-0.05, 0) is 37.5 Å². The molecule has 0 spiro atoms. The van der Waals surface area contributed by atoms with Gasteiger partial charge < -0.3 is 5.32 Å². The van der Waals surface area contributed by atoms with Gasteiger partial charge in [-0.15, -0.1) is 0 Å². The summed E-state index contributed by atoms with van der Waals surface area (Å²) in [5, 5.41) is 18.8. The molecule has 0 aliphatic heterocycles. The van der Waals surface area contributed by atoms with Crippen LogP contribution in [0.2, 0.25) is 0 Å². The highest BCUT2D eigenvalue weighted by atomic mass is 19.1. The summed E-state index contributed by atoms with van der Waals surface area (Å²) in [6, 6.07) is 6.47. The first-order valence-electron chi connectivity index (χ1n) is 6.13. The van der Waals surface area contributed by atoms with E-state index in [0.29, 0.717) is 12.2 Å². The van der Waals surface area contributed by atoms with E-state index in [0.717, 1.165) is 18.5 Å². The van der Waals surface area contributed by atoms with Crippen LogP contribution in [0.15, 0.2) is 24.4 Å². The van der Waals surface area contributed by atoms with E-state index in [4.69, 9.17) is 5.26 Å². The van der Waals surface area contributed by atoms with Crippen molar-refractivity contribution in [3.05, 3.63) is 47.0 Å². The molecule has 4 nitrogen and oxygen atoms in total. The molecule has 0 atom stereocenters. The molecule has 0 aliphatic carbocycles. The third-order valence-corrected chi connectivity index (χ3v) is 3.00. The van der Waals surface area contributed by atoms with Gasteiger partial charge in [-0.25, -0.2) is 4.39 Å². The molecule has 1 aromatic heterocycles. The summed E-state index contributed by atoms with van der Waals surface area (Å²) in [5.74, 6) is -0.488. The van der Waals surface area contributed by atoms with Crippen molar-refractivity contribution in [2.24, 2.45) is 0 Å². The van der Waals surface area contributed by atoms with Crippen LogP contribution in [0.1, 0.15) is 23.2 Å². The van der Waals surface area contributed by atoms with Crippen LogP contribution in [-0.2, 0) is 6.42 Å². The van der Waals surface area contributed by atoms with Crippen molar-refractivity contribution in [1.82, 2.24) is 10.2 Å². The zero-order valence-electron chi connectivity index (χ0n) is 10.7. The number of aryl methyl sites for hydroxylation is 2.